The summed E-state index contributed by atoms with van der Waals surface area (Å²) in [4.78, 5) is 0. The first kappa shape index (κ1) is 10.2. The highest BCUT2D eigenvalue weighted by molar-refractivity contribution is 5.84. The topological polar surface area (TPSA) is 58.1 Å². The van der Waals surface area contributed by atoms with Crippen LogP contribution >= 0.6 is 0 Å². The maximum absolute atomic E-state index is 9.43. The minimum absolute atomic E-state index is 0.180. The lowest BCUT2D eigenvalue weighted by molar-refractivity contribution is 0.474. The Morgan fingerprint density at radius 3 is 2.56 bits per heavy atom. The van der Waals surface area contributed by atoms with Gasteiger partial charge >= 0.3 is 0 Å². The Hall–Kier alpha value is -2.36. The number of phenols is 1. The zero-order chi connectivity index (χ0) is 11.2. The van der Waals surface area contributed by atoms with Gasteiger partial charge in [0.2, 0.25) is 0 Å². The predicted molar refractivity (Wildman–Crippen MR) is 62.0 cm³/mol. The van der Waals surface area contributed by atoms with E-state index in [2.05, 4.69) is 10.2 Å². The highest BCUT2D eigenvalue weighted by atomic mass is 16.3. The first-order valence-corrected chi connectivity index (χ1v) is 4.74. The summed E-state index contributed by atoms with van der Waals surface area (Å²) in [5.41, 5.74) is 0.624. The summed E-state index contributed by atoms with van der Waals surface area (Å²) in [7, 11) is 0. The smallest absolute Gasteiger partial charge is 0.146 e. The lowest BCUT2D eigenvalue weighted by Gasteiger charge is -1.94. The van der Waals surface area contributed by atoms with Gasteiger partial charge in [-0.3, -0.25) is 0 Å². The second-order valence-corrected chi connectivity index (χ2v) is 3.06. The van der Waals surface area contributed by atoms with Crippen LogP contribution in [0.3, 0.4) is 0 Å². The lowest BCUT2D eigenvalue weighted by atomic mass is 10.2. The van der Waals surface area contributed by atoms with Crippen molar-refractivity contribution in [1.82, 2.24) is 0 Å². The average molecular weight is 214 g/mol. The number of benzene rings is 1. The first-order valence-electron chi connectivity index (χ1n) is 4.74. The molecule has 0 bridgehead atoms. The Kier molecular flexibility index (Phi) is 3.13. The van der Waals surface area contributed by atoms with Crippen molar-refractivity contribution in [3.8, 4) is 5.75 Å². The molecule has 16 heavy (non-hydrogen) atoms. The molecule has 80 valence electrons. The number of hydrogen-bond donors (Lipinski definition) is 1. The van der Waals surface area contributed by atoms with Crippen molar-refractivity contribution in [1.29, 1.82) is 0 Å². The van der Waals surface area contributed by atoms with Crippen LogP contribution in [0, 0.1) is 0 Å². The summed E-state index contributed by atoms with van der Waals surface area (Å²) in [5.74, 6) is 0.814. The van der Waals surface area contributed by atoms with Crippen LogP contribution < -0.4 is 0 Å². The SMILES string of the molecule is Oc1ccccc1/C=N/N=C\c1ccco1. The van der Waals surface area contributed by atoms with Gasteiger partial charge in [0, 0.05) is 5.56 Å². The Bertz CT molecular complexity index is 501. The molecule has 1 N–H and O–H groups in total. The van der Waals surface area contributed by atoms with Crippen LogP contribution in [-0.2, 0) is 0 Å². The van der Waals surface area contributed by atoms with E-state index in [9.17, 15) is 5.11 Å². The molecule has 0 saturated carbocycles. The molecule has 0 aliphatic carbocycles. The van der Waals surface area contributed by atoms with Crippen molar-refractivity contribution in [2.24, 2.45) is 10.2 Å². The molecule has 0 radical (unpaired) electrons. The molecule has 0 fully saturated rings. The van der Waals surface area contributed by atoms with E-state index in [0.29, 0.717) is 11.3 Å². The zero-order valence-corrected chi connectivity index (χ0v) is 8.45. The van der Waals surface area contributed by atoms with E-state index in [1.54, 1.807) is 36.6 Å². The monoisotopic (exact) mass is 214 g/mol. The van der Waals surface area contributed by atoms with Gasteiger partial charge in [-0.05, 0) is 24.3 Å². The molecule has 1 heterocycles. The number of phenolic OH excluding ortho intramolecular Hbond substituents is 1. The molecule has 4 heteroatoms. The fraction of sp³-hybridized carbons (Fsp3) is 0. The summed E-state index contributed by atoms with van der Waals surface area (Å²) >= 11 is 0. The van der Waals surface area contributed by atoms with Crippen molar-refractivity contribution >= 4 is 12.4 Å². The fourth-order valence-corrected chi connectivity index (χ4v) is 1.15. The molecule has 2 aromatic rings. The van der Waals surface area contributed by atoms with Crippen molar-refractivity contribution in [2.45, 2.75) is 0 Å². The summed E-state index contributed by atoms with van der Waals surface area (Å²) in [6, 6.07) is 10.5. The summed E-state index contributed by atoms with van der Waals surface area (Å²) < 4.78 is 5.04. The van der Waals surface area contributed by atoms with Gasteiger partial charge in [-0.15, -0.1) is 0 Å². The Balaban J connectivity index is 2.03. The standard InChI is InChI=1S/C12H10N2O2/c15-12-6-2-1-4-10(12)8-13-14-9-11-5-3-7-16-11/h1-9,15H/b13-8+,14-9-. The number of hydrogen-bond acceptors (Lipinski definition) is 4. The molecular weight excluding hydrogens is 204 g/mol. The van der Waals surface area contributed by atoms with E-state index in [4.69, 9.17) is 4.42 Å². The average Bonchev–Trinajstić information content (AvgIpc) is 2.79. The molecule has 0 aliphatic rings. The van der Waals surface area contributed by atoms with Crippen molar-refractivity contribution in [2.75, 3.05) is 0 Å². The second-order valence-electron chi connectivity index (χ2n) is 3.06. The quantitative estimate of drug-likeness (QED) is 0.630. The van der Waals surface area contributed by atoms with E-state index in [-0.39, 0.29) is 5.75 Å². The van der Waals surface area contributed by atoms with Crippen molar-refractivity contribution in [3.05, 3.63) is 54.0 Å². The third kappa shape index (κ3) is 2.57. The first-order chi connectivity index (χ1) is 7.86. The molecule has 0 aliphatic heterocycles. The number of para-hydroxylation sites is 1. The molecule has 0 spiro atoms. The van der Waals surface area contributed by atoms with Gasteiger partial charge in [-0.2, -0.15) is 10.2 Å². The van der Waals surface area contributed by atoms with Crippen molar-refractivity contribution < 1.29 is 9.52 Å². The highest BCUT2D eigenvalue weighted by Crippen LogP contribution is 2.12. The Morgan fingerprint density at radius 2 is 1.81 bits per heavy atom. The van der Waals surface area contributed by atoms with E-state index in [1.807, 2.05) is 6.07 Å². The summed E-state index contributed by atoms with van der Waals surface area (Å²) in [6.07, 6.45) is 4.54. The normalized spacial score (nSPS) is 11.5. The maximum Gasteiger partial charge on any atom is 0.146 e. The Labute approximate surface area is 92.6 Å². The van der Waals surface area contributed by atoms with Gasteiger partial charge in [0.15, 0.2) is 0 Å². The molecule has 2 rings (SSSR count). The molecule has 0 atom stereocenters. The number of aromatic hydroxyl groups is 1. The van der Waals surface area contributed by atoms with Crippen LogP contribution in [0.2, 0.25) is 0 Å². The van der Waals surface area contributed by atoms with Crippen LogP contribution in [0.1, 0.15) is 11.3 Å². The van der Waals surface area contributed by atoms with E-state index < -0.39 is 0 Å². The molecule has 0 amide bonds. The van der Waals surface area contributed by atoms with Gasteiger partial charge in [0.1, 0.15) is 11.5 Å². The van der Waals surface area contributed by atoms with Crippen LogP contribution in [0.5, 0.6) is 5.75 Å². The van der Waals surface area contributed by atoms with Crippen molar-refractivity contribution in [3.63, 3.8) is 0 Å². The third-order valence-corrected chi connectivity index (χ3v) is 1.93. The highest BCUT2D eigenvalue weighted by Gasteiger charge is 1.93. The predicted octanol–water partition coefficient (Wildman–Crippen LogP) is 2.44. The largest absolute Gasteiger partial charge is 0.507 e. The van der Waals surface area contributed by atoms with E-state index in [1.165, 1.54) is 12.4 Å². The van der Waals surface area contributed by atoms with Gasteiger partial charge < -0.3 is 9.52 Å². The molecule has 4 nitrogen and oxygen atoms in total. The summed E-state index contributed by atoms with van der Waals surface area (Å²) in [5, 5.41) is 17.0. The zero-order valence-electron chi connectivity index (χ0n) is 8.45. The minimum atomic E-state index is 0.180. The van der Waals surface area contributed by atoms with Gasteiger partial charge in [0.25, 0.3) is 0 Å². The molecule has 1 aromatic carbocycles. The number of furan rings is 1. The molecular formula is C12H10N2O2. The molecule has 0 saturated heterocycles. The van der Waals surface area contributed by atoms with Gasteiger partial charge in [-0.25, -0.2) is 0 Å². The Morgan fingerprint density at radius 1 is 1.00 bits per heavy atom. The summed E-state index contributed by atoms with van der Waals surface area (Å²) in [6.45, 7) is 0. The number of rotatable bonds is 3. The maximum atomic E-state index is 9.43. The van der Waals surface area contributed by atoms with E-state index in [0.717, 1.165) is 0 Å². The van der Waals surface area contributed by atoms with E-state index >= 15 is 0 Å². The van der Waals surface area contributed by atoms with Crippen LogP contribution in [0.25, 0.3) is 0 Å². The van der Waals surface area contributed by atoms with Gasteiger partial charge in [0.05, 0.1) is 18.7 Å². The van der Waals surface area contributed by atoms with Crippen LogP contribution in [-0.4, -0.2) is 17.5 Å². The molecule has 0 unspecified atom stereocenters. The minimum Gasteiger partial charge on any atom is -0.507 e. The number of nitrogens with zero attached hydrogens (tertiary/aromatic N) is 2. The lowest BCUT2D eigenvalue weighted by Crippen LogP contribution is -1.80. The third-order valence-electron chi connectivity index (χ3n) is 1.93. The van der Waals surface area contributed by atoms with Crippen LogP contribution in [0.15, 0.2) is 57.3 Å². The second kappa shape index (κ2) is 4.93. The fourth-order valence-electron chi connectivity index (χ4n) is 1.15. The van der Waals surface area contributed by atoms with Gasteiger partial charge in [-0.1, -0.05) is 12.1 Å². The van der Waals surface area contributed by atoms with Crippen LogP contribution in [0.4, 0.5) is 0 Å². The molecule has 1 aromatic heterocycles.